The molecule has 3 fully saturated rings. The summed E-state index contributed by atoms with van der Waals surface area (Å²) in [5.41, 5.74) is 0. The van der Waals surface area contributed by atoms with E-state index < -0.39 is 0 Å². The highest BCUT2D eigenvalue weighted by molar-refractivity contribution is 5.76. The number of likely N-dealkylation sites (tertiary alicyclic amines) is 2. The molecule has 5 heteroatoms. The van der Waals surface area contributed by atoms with Gasteiger partial charge in [0.15, 0.2) is 5.79 Å². The zero-order valence-corrected chi connectivity index (χ0v) is 13.2. The molecule has 0 bridgehead atoms. The van der Waals surface area contributed by atoms with Crippen LogP contribution in [-0.4, -0.2) is 67.4 Å². The van der Waals surface area contributed by atoms with Crippen LogP contribution < -0.4 is 0 Å². The van der Waals surface area contributed by atoms with Crippen LogP contribution in [0.4, 0.5) is 0 Å². The molecule has 0 radical (unpaired) electrons. The first-order valence-electron chi connectivity index (χ1n) is 8.44. The van der Waals surface area contributed by atoms with Crippen LogP contribution in [-0.2, 0) is 14.3 Å². The molecule has 5 nitrogen and oxygen atoms in total. The fourth-order valence-corrected chi connectivity index (χ4v) is 3.84. The van der Waals surface area contributed by atoms with Crippen molar-refractivity contribution in [2.75, 3.05) is 39.9 Å². The van der Waals surface area contributed by atoms with E-state index in [4.69, 9.17) is 9.47 Å². The van der Waals surface area contributed by atoms with Gasteiger partial charge in [-0.1, -0.05) is 6.42 Å². The van der Waals surface area contributed by atoms with Crippen LogP contribution in [0.1, 0.15) is 44.9 Å². The van der Waals surface area contributed by atoms with Gasteiger partial charge in [0.05, 0.1) is 13.2 Å². The average molecular weight is 296 g/mol. The lowest BCUT2D eigenvalue weighted by Gasteiger charge is -2.38. The minimum atomic E-state index is -0.375. The minimum Gasteiger partial charge on any atom is -0.347 e. The van der Waals surface area contributed by atoms with Gasteiger partial charge in [-0.25, -0.2) is 0 Å². The Balaban J connectivity index is 1.42. The molecule has 1 atom stereocenters. The fraction of sp³-hybridized carbons (Fsp3) is 0.938. The normalized spacial score (nSPS) is 30.0. The van der Waals surface area contributed by atoms with Gasteiger partial charge in [-0.15, -0.1) is 0 Å². The standard InChI is InChI=1S/C16H28N2O3/c1-17-9-3-2-4-14(17)5-6-15(19)18-10-7-16(8-11-18)20-12-13-21-16/h14H,2-13H2,1H3. The van der Waals surface area contributed by atoms with E-state index in [9.17, 15) is 4.79 Å². The van der Waals surface area contributed by atoms with Gasteiger partial charge >= 0.3 is 0 Å². The van der Waals surface area contributed by atoms with Gasteiger partial charge in [-0.3, -0.25) is 4.79 Å². The summed E-state index contributed by atoms with van der Waals surface area (Å²) < 4.78 is 11.4. The summed E-state index contributed by atoms with van der Waals surface area (Å²) in [5, 5.41) is 0. The van der Waals surface area contributed by atoms with E-state index in [1.165, 1.54) is 25.8 Å². The highest BCUT2D eigenvalue weighted by atomic mass is 16.7. The second kappa shape index (κ2) is 6.63. The van der Waals surface area contributed by atoms with Crippen molar-refractivity contribution >= 4 is 5.91 Å². The van der Waals surface area contributed by atoms with E-state index in [1.54, 1.807) is 0 Å². The van der Waals surface area contributed by atoms with Crippen molar-refractivity contribution in [1.82, 2.24) is 9.80 Å². The summed E-state index contributed by atoms with van der Waals surface area (Å²) in [6.45, 7) is 4.13. The lowest BCUT2D eigenvalue weighted by Crippen LogP contribution is -2.47. The molecular formula is C16H28N2O3. The summed E-state index contributed by atoms with van der Waals surface area (Å²) in [5.74, 6) is -0.0674. The Labute approximate surface area is 127 Å². The van der Waals surface area contributed by atoms with Crippen molar-refractivity contribution in [3.8, 4) is 0 Å². The third-order valence-electron chi connectivity index (χ3n) is 5.30. The second-order valence-corrected chi connectivity index (χ2v) is 6.66. The molecule has 3 heterocycles. The van der Waals surface area contributed by atoms with Crippen molar-refractivity contribution in [1.29, 1.82) is 0 Å². The molecular weight excluding hydrogens is 268 g/mol. The van der Waals surface area contributed by atoms with Crippen molar-refractivity contribution in [2.45, 2.75) is 56.8 Å². The first-order chi connectivity index (χ1) is 10.2. The molecule has 3 saturated heterocycles. The number of carbonyl (C=O) groups is 1. The second-order valence-electron chi connectivity index (χ2n) is 6.66. The van der Waals surface area contributed by atoms with E-state index in [-0.39, 0.29) is 5.79 Å². The van der Waals surface area contributed by atoms with Crippen LogP contribution in [0.15, 0.2) is 0 Å². The highest BCUT2D eigenvalue weighted by Crippen LogP contribution is 2.31. The third-order valence-corrected chi connectivity index (χ3v) is 5.30. The Bertz CT molecular complexity index is 359. The predicted octanol–water partition coefficient (Wildman–Crippen LogP) is 1.62. The molecule has 21 heavy (non-hydrogen) atoms. The number of rotatable bonds is 3. The Morgan fingerprint density at radius 3 is 2.52 bits per heavy atom. The zero-order valence-electron chi connectivity index (χ0n) is 13.2. The monoisotopic (exact) mass is 296 g/mol. The van der Waals surface area contributed by atoms with Crippen LogP contribution in [0.2, 0.25) is 0 Å². The maximum absolute atomic E-state index is 12.4. The zero-order chi connectivity index (χ0) is 14.7. The van der Waals surface area contributed by atoms with Crippen LogP contribution >= 0.6 is 0 Å². The molecule has 0 aromatic heterocycles. The molecule has 0 aromatic carbocycles. The summed E-state index contributed by atoms with van der Waals surface area (Å²) in [6, 6.07) is 0.598. The maximum atomic E-state index is 12.4. The third kappa shape index (κ3) is 3.58. The van der Waals surface area contributed by atoms with Crippen LogP contribution in [0.3, 0.4) is 0 Å². The molecule has 0 N–H and O–H groups in total. The van der Waals surface area contributed by atoms with E-state index >= 15 is 0 Å². The Kier molecular flexibility index (Phi) is 4.82. The first-order valence-corrected chi connectivity index (χ1v) is 8.44. The SMILES string of the molecule is CN1CCCCC1CCC(=O)N1CCC2(CC1)OCCO2. The number of nitrogens with zero attached hydrogens (tertiary/aromatic N) is 2. The molecule has 3 rings (SSSR count). The van der Waals surface area contributed by atoms with E-state index in [0.29, 0.717) is 31.6 Å². The lowest BCUT2D eigenvalue weighted by molar-refractivity contribution is -0.187. The van der Waals surface area contributed by atoms with Crippen LogP contribution in [0.25, 0.3) is 0 Å². The van der Waals surface area contributed by atoms with Gasteiger partial charge in [-0.05, 0) is 32.9 Å². The molecule has 1 spiro atoms. The number of hydrogen-bond acceptors (Lipinski definition) is 4. The van der Waals surface area contributed by atoms with Gasteiger partial charge < -0.3 is 19.3 Å². The molecule has 3 aliphatic rings. The van der Waals surface area contributed by atoms with Gasteiger partial charge in [0.2, 0.25) is 5.91 Å². The van der Waals surface area contributed by atoms with Gasteiger partial charge in [0, 0.05) is 38.4 Å². The predicted molar refractivity (Wildman–Crippen MR) is 80.0 cm³/mol. The highest BCUT2D eigenvalue weighted by Gasteiger charge is 2.40. The van der Waals surface area contributed by atoms with Gasteiger partial charge in [0.25, 0.3) is 0 Å². The topological polar surface area (TPSA) is 42.0 Å². The molecule has 3 aliphatic heterocycles. The molecule has 0 aromatic rings. The van der Waals surface area contributed by atoms with Gasteiger partial charge in [0.1, 0.15) is 0 Å². The number of piperidine rings is 2. The minimum absolute atomic E-state index is 0.307. The number of ether oxygens (including phenoxy) is 2. The Morgan fingerprint density at radius 2 is 1.86 bits per heavy atom. The quantitative estimate of drug-likeness (QED) is 0.793. The van der Waals surface area contributed by atoms with E-state index in [0.717, 1.165) is 32.4 Å². The Hall–Kier alpha value is -0.650. The Morgan fingerprint density at radius 1 is 1.14 bits per heavy atom. The van der Waals surface area contributed by atoms with Crippen LogP contribution in [0.5, 0.6) is 0 Å². The average Bonchev–Trinajstić information content (AvgIpc) is 2.95. The van der Waals surface area contributed by atoms with Crippen molar-refractivity contribution in [3.63, 3.8) is 0 Å². The summed E-state index contributed by atoms with van der Waals surface area (Å²) in [4.78, 5) is 16.8. The van der Waals surface area contributed by atoms with Crippen molar-refractivity contribution in [3.05, 3.63) is 0 Å². The smallest absolute Gasteiger partial charge is 0.222 e. The van der Waals surface area contributed by atoms with E-state index in [1.807, 2.05) is 4.90 Å². The lowest BCUT2D eigenvalue weighted by atomic mass is 9.97. The number of amides is 1. The summed E-state index contributed by atoms with van der Waals surface area (Å²) in [6.07, 6.45) is 7.19. The van der Waals surface area contributed by atoms with Crippen LogP contribution in [0, 0.1) is 0 Å². The molecule has 0 aliphatic carbocycles. The van der Waals surface area contributed by atoms with Crippen molar-refractivity contribution < 1.29 is 14.3 Å². The first kappa shape index (κ1) is 15.3. The number of hydrogen-bond donors (Lipinski definition) is 0. The molecule has 1 unspecified atom stereocenters. The fourth-order valence-electron chi connectivity index (χ4n) is 3.84. The molecule has 1 amide bonds. The largest absolute Gasteiger partial charge is 0.347 e. The number of carbonyl (C=O) groups excluding carboxylic acids is 1. The maximum Gasteiger partial charge on any atom is 0.222 e. The molecule has 0 saturated carbocycles. The molecule has 120 valence electrons. The summed E-state index contributed by atoms with van der Waals surface area (Å²) in [7, 11) is 2.19. The van der Waals surface area contributed by atoms with Gasteiger partial charge in [-0.2, -0.15) is 0 Å². The van der Waals surface area contributed by atoms with Crippen molar-refractivity contribution in [2.24, 2.45) is 0 Å². The summed E-state index contributed by atoms with van der Waals surface area (Å²) >= 11 is 0. The van der Waals surface area contributed by atoms with E-state index in [2.05, 4.69) is 11.9 Å².